The zero-order valence-electron chi connectivity index (χ0n) is 13.8. The van der Waals surface area contributed by atoms with Crippen LogP contribution in [0.5, 0.6) is 0 Å². The molecule has 8 heteroatoms. The zero-order chi connectivity index (χ0) is 17.8. The van der Waals surface area contributed by atoms with Crippen LogP contribution in [0, 0.1) is 5.41 Å². The molecule has 0 atom stereocenters. The number of thiazole rings is 1. The minimum absolute atomic E-state index is 0.266. The number of rotatable bonds is 4. The highest BCUT2D eigenvalue weighted by molar-refractivity contribution is 7.99. The van der Waals surface area contributed by atoms with E-state index in [-0.39, 0.29) is 11.9 Å². The summed E-state index contributed by atoms with van der Waals surface area (Å²) in [6, 6.07) is 9.13. The molecule has 0 aliphatic carbocycles. The first kappa shape index (κ1) is 17.4. The van der Waals surface area contributed by atoms with Gasteiger partial charge in [-0.15, -0.1) is 11.3 Å². The normalized spacial score (nSPS) is 10.6. The van der Waals surface area contributed by atoms with Gasteiger partial charge in [-0.2, -0.15) is 11.8 Å². The molecule has 0 unspecified atom stereocenters. The lowest BCUT2D eigenvalue weighted by Crippen LogP contribution is -2.37. The number of hydrogen-bond donors (Lipinski definition) is 2. The highest BCUT2D eigenvalue weighted by Crippen LogP contribution is 2.31. The van der Waals surface area contributed by atoms with E-state index in [4.69, 9.17) is 5.41 Å². The summed E-state index contributed by atoms with van der Waals surface area (Å²) in [6.07, 6.45) is 5.42. The molecule has 0 saturated heterocycles. The summed E-state index contributed by atoms with van der Waals surface area (Å²) in [6.45, 7) is 0. The van der Waals surface area contributed by atoms with E-state index in [0.29, 0.717) is 11.4 Å². The summed E-state index contributed by atoms with van der Waals surface area (Å²) in [7, 11) is 1.60. The summed E-state index contributed by atoms with van der Waals surface area (Å²) < 4.78 is 0.985. The molecular formula is C17H17N5OS2. The van der Waals surface area contributed by atoms with E-state index in [0.717, 1.165) is 20.8 Å². The second-order valence-electron chi connectivity index (χ2n) is 5.31. The van der Waals surface area contributed by atoms with Gasteiger partial charge in [-0.25, -0.2) is 9.78 Å². The number of urea groups is 1. The molecule has 0 radical (unpaired) electrons. The predicted octanol–water partition coefficient (Wildman–Crippen LogP) is 4.16. The Morgan fingerprint density at radius 2 is 2.24 bits per heavy atom. The molecule has 2 aromatic heterocycles. The Bertz CT molecular complexity index is 910. The van der Waals surface area contributed by atoms with E-state index in [1.54, 1.807) is 30.8 Å². The van der Waals surface area contributed by atoms with E-state index in [1.165, 1.54) is 16.7 Å². The fourth-order valence-electron chi connectivity index (χ4n) is 2.18. The Kier molecular flexibility index (Phi) is 5.30. The highest BCUT2D eigenvalue weighted by atomic mass is 32.2. The number of aromatic nitrogens is 2. The highest BCUT2D eigenvalue weighted by Gasteiger charge is 2.14. The van der Waals surface area contributed by atoms with E-state index >= 15 is 0 Å². The summed E-state index contributed by atoms with van der Waals surface area (Å²) in [5.74, 6) is 0.759. The molecule has 3 rings (SSSR count). The molecule has 3 aromatic rings. The number of nitrogens with one attached hydrogen (secondary N) is 2. The molecule has 6 nitrogen and oxygen atoms in total. The first-order chi connectivity index (χ1) is 12.1. The van der Waals surface area contributed by atoms with Crippen LogP contribution < -0.4 is 5.32 Å². The molecule has 25 heavy (non-hydrogen) atoms. The van der Waals surface area contributed by atoms with Gasteiger partial charge in [0.05, 0.1) is 16.0 Å². The first-order valence-corrected chi connectivity index (χ1v) is 9.71. The monoisotopic (exact) mass is 371 g/mol. The number of amidine groups is 1. The van der Waals surface area contributed by atoms with Gasteiger partial charge in [0.15, 0.2) is 0 Å². The molecule has 2 amide bonds. The lowest BCUT2D eigenvalue weighted by molar-refractivity contribution is 0.239. The van der Waals surface area contributed by atoms with Crippen LogP contribution in [-0.4, -0.2) is 45.8 Å². The summed E-state index contributed by atoms with van der Waals surface area (Å²) >= 11 is 3.06. The maximum Gasteiger partial charge on any atom is 0.326 e. The molecular weight excluding hydrogens is 354 g/mol. The fourth-order valence-corrected chi connectivity index (χ4v) is 3.64. The Hall–Kier alpha value is -2.45. The Morgan fingerprint density at radius 3 is 2.96 bits per heavy atom. The predicted molar refractivity (Wildman–Crippen MR) is 106 cm³/mol. The summed E-state index contributed by atoms with van der Waals surface area (Å²) in [5.41, 5.74) is 2.53. The van der Waals surface area contributed by atoms with Gasteiger partial charge in [-0.3, -0.25) is 15.3 Å². The molecule has 2 heterocycles. The standard InChI is InChI=1S/C17H17N5OS2/c1-22(15(18)10-24-2)17(23)20-12-5-6-13-14(8-12)25-16(21-13)11-4-3-7-19-9-11/h3-9,18H,10H2,1-2H3,(H,20,23). The molecule has 0 bridgehead atoms. The van der Waals surface area contributed by atoms with Crippen LogP contribution in [0.25, 0.3) is 20.8 Å². The van der Waals surface area contributed by atoms with Gasteiger partial charge >= 0.3 is 6.03 Å². The second-order valence-corrected chi connectivity index (χ2v) is 7.21. The van der Waals surface area contributed by atoms with Crippen LogP contribution in [0.4, 0.5) is 10.5 Å². The van der Waals surface area contributed by atoms with Gasteiger partial charge in [0.2, 0.25) is 0 Å². The van der Waals surface area contributed by atoms with Gasteiger partial charge in [-0.05, 0) is 36.6 Å². The van der Waals surface area contributed by atoms with Crippen LogP contribution in [0.15, 0.2) is 42.7 Å². The number of carbonyl (C=O) groups is 1. The topological polar surface area (TPSA) is 82.0 Å². The molecule has 0 saturated carbocycles. The van der Waals surface area contributed by atoms with Gasteiger partial charge in [0, 0.05) is 30.7 Å². The minimum Gasteiger partial charge on any atom is -0.307 e. The molecule has 0 fully saturated rings. The van der Waals surface area contributed by atoms with E-state index in [1.807, 2.05) is 36.6 Å². The van der Waals surface area contributed by atoms with Crippen LogP contribution in [0.1, 0.15) is 0 Å². The van der Waals surface area contributed by atoms with Crippen molar-refractivity contribution in [3.05, 3.63) is 42.7 Å². The third-order valence-electron chi connectivity index (χ3n) is 3.54. The van der Waals surface area contributed by atoms with Crippen molar-refractivity contribution in [3.8, 4) is 10.6 Å². The fraction of sp³-hybridized carbons (Fsp3) is 0.176. The number of benzene rings is 1. The van der Waals surface area contributed by atoms with Crippen molar-refractivity contribution in [2.45, 2.75) is 0 Å². The van der Waals surface area contributed by atoms with Crippen molar-refractivity contribution in [2.75, 3.05) is 24.4 Å². The second kappa shape index (κ2) is 7.62. The van der Waals surface area contributed by atoms with Crippen LogP contribution >= 0.6 is 23.1 Å². The summed E-state index contributed by atoms with van der Waals surface area (Å²) in [5, 5.41) is 11.6. The minimum atomic E-state index is -0.324. The smallest absolute Gasteiger partial charge is 0.307 e. The Balaban J connectivity index is 1.79. The van der Waals surface area contributed by atoms with Crippen LogP contribution in [0.2, 0.25) is 0 Å². The molecule has 0 aliphatic rings. The lowest BCUT2D eigenvalue weighted by atomic mass is 10.3. The van der Waals surface area contributed by atoms with Crippen molar-refractivity contribution >= 4 is 50.9 Å². The summed E-state index contributed by atoms with van der Waals surface area (Å²) in [4.78, 5) is 22.3. The SMILES string of the molecule is CSCC(=N)N(C)C(=O)Nc1ccc2nc(-c3cccnc3)sc2c1. The number of pyridine rings is 1. The van der Waals surface area contributed by atoms with Gasteiger partial charge < -0.3 is 5.32 Å². The van der Waals surface area contributed by atoms with Crippen molar-refractivity contribution in [1.82, 2.24) is 14.9 Å². The Labute approximate surface area is 153 Å². The van der Waals surface area contributed by atoms with E-state index < -0.39 is 0 Å². The average Bonchev–Trinajstić information content (AvgIpc) is 3.05. The average molecular weight is 371 g/mol. The maximum absolute atomic E-state index is 12.2. The number of carbonyl (C=O) groups excluding carboxylic acids is 1. The van der Waals surface area contributed by atoms with Gasteiger partial charge in [0.1, 0.15) is 10.8 Å². The molecule has 0 aliphatic heterocycles. The van der Waals surface area contributed by atoms with Crippen molar-refractivity contribution in [3.63, 3.8) is 0 Å². The number of amides is 2. The first-order valence-electron chi connectivity index (χ1n) is 7.50. The Morgan fingerprint density at radius 1 is 1.40 bits per heavy atom. The number of anilines is 1. The number of hydrogen-bond acceptors (Lipinski definition) is 6. The van der Waals surface area contributed by atoms with Gasteiger partial charge in [-0.1, -0.05) is 0 Å². The zero-order valence-corrected chi connectivity index (χ0v) is 15.4. The van der Waals surface area contributed by atoms with E-state index in [9.17, 15) is 4.79 Å². The van der Waals surface area contributed by atoms with E-state index in [2.05, 4.69) is 15.3 Å². The maximum atomic E-state index is 12.2. The van der Waals surface area contributed by atoms with Crippen molar-refractivity contribution in [1.29, 1.82) is 5.41 Å². The van der Waals surface area contributed by atoms with Crippen molar-refractivity contribution < 1.29 is 4.79 Å². The molecule has 0 spiro atoms. The quantitative estimate of drug-likeness (QED) is 0.533. The molecule has 1 aromatic carbocycles. The third-order valence-corrected chi connectivity index (χ3v) is 5.17. The third kappa shape index (κ3) is 3.97. The lowest BCUT2D eigenvalue weighted by Gasteiger charge is -2.18. The number of fused-ring (bicyclic) bond motifs is 1. The largest absolute Gasteiger partial charge is 0.326 e. The molecule has 128 valence electrons. The van der Waals surface area contributed by atoms with Crippen LogP contribution in [0.3, 0.4) is 0 Å². The van der Waals surface area contributed by atoms with Crippen molar-refractivity contribution in [2.24, 2.45) is 0 Å². The van der Waals surface area contributed by atoms with Gasteiger partial charge in [0.25, 0.3) is 0 Å². The number of nitrogens with zero attached hydrogens (tertiary/aromatic N) is 3. The van der Waals surface area contributed by atoms with Crippen LogP contribution in [-0.2, 0) is 0 Å². The molecule has 2 N–H and O–H groups in total. The number of thioether (sulfide) groups is 1.